The van der Waals surface area contributed by atoms with Crippen molar-refractivity contribution >= 4 is 44.8 Å². The van der Waals surface area contributed by atoms with Crippen LogP contribution in [0.15, 0.2) is 71.6 Å². The summed E-state index contributed by atoms with van der Waals surface area (Å²) in [6.07, 6.45) is 0. The first-order valence-electron chi connectivity index (χ1n) is 9.53. The van der Waals surface area contributed by atoms with E-state index >= 15 is 0 Å². The molecule has 0 aromatic heterocycles. The third-order valence-electron chi connectivity index (χ3n) is 4.74. The molecule has 5 nitrogen and oxygen atoms in total. The number of anilines is 1. The van der Waals surface area contributed by atoms with Crippen LogP contribution in [0.4, 0.5) is 5.69 Å². The highest BCUT2D eigenvalue weighted by Crippen LogP contribution is 2.28. The van der Waals surface area contributed by atoms with Gasteiger partial charge in [0.05, 0.1) is 10.6 Å². The lowest BCUT2D eigenvalue weighted by Gasteiger charge is -2.24. The largest absolute Gasteiger partial charge is 0.350 e. The van der Waals surface area contributed by atoms with E-state index in [0.717, 1.165) is 21.0 Å². The van der Waals surface area contributed by atoms with Crippen LogP contribution in [0.25, 0.3) is 0 Å². The van der Waals surface area contributed by atoms with Crippen molar-refractivity contribution in [2.45, 2.75) is 25.3 Å². The normalized spacial score (nSPS) is 11.2. The summed E-state index contributed by atoms with van der Waals surface area (Å²) in [5.74, 6) is -0.442. The van der Waals surface area contributed by atoms with Crippen LogP contribution in [0, 0.1) is 13.8 Å². The van der Waals surface area contributed by atoms with Crippen molar-refractivity contribution in [2.24, 2.45) is 0 Å². The second kappa shape index (κ2) is 9.73. The Labute approximate surface area is 192 Å². The Kier molecular flexibility index (Phi) is 7.26. The van der Waals surface area contributed by atoms with Crippen LogP contribution in [0.2, 0.25) is 10.0 Å². The second-order valence-corrected chi connectivity index (χ2v) is 9.87. The van der Waals surface area contributed by atoms with E-state index in [1.165, 1.54) is 12.1 Å². The lowest BCUT2D eigenvalue weighted by atomic mass is 10.2. The van der Waals surface area contributed by atoms with Crippen molar-refractivity contribution in [3.05, 3.63) is 93.5 Å². The molecule has 3 aromatic carbocycles. The summed E-state index contributed by atoms with van der Waals surface area (Å²) in [6, 6.07) is 18.4. The zero-order valence-electron chi connectivity index (χ0n) is 17.1. The highest BCUT2D eigenvalue weighted by Gasteiger charge is 2.27. The smallest absolute Gasteiger partial charge is 0.264 e. The lowest BCUT2D eigenvalue weighted by Crippen LogP contribution is -2.40. The Bertz CT molecular complexity index is 1180. The molecule has 0 radical (unpaired) electrons. The van der Waals surface area contributed by atoms with E-state index in [1.807, 2.05) is 13.8 Å². The van der Waals surface area contributed by atoms with E-state index in [0.29, 0.717) is 15.7 Å². The van der Waals surface area contributed by atoms with Crippen molar-refractivity contribution in [1.29, 1.82) is 0 Å². The standard InChI is InChI=1S/C23H22Cl2N2O3S/c1-16-3-11-21(12-4-16)31(29,30)27(20-10-5-17(2)22(25)13-20)15-23(28)26-14-18-6-8-19(24)9-7-18/h3-13H,14-15H2,1-2H3,(H,26,28). The number of carbonyl (C=O) groups is 1. The Balaban J connectivity index is 1.88. The Hall–Kier alpha value is -2.54. The molecule has 1 N–H and O–H groups in total. The average molecular weight is 477 g/mol. The van der Waals surface area contributed by atoms with Crippen LogP contribution in [-0.2, 0) is 21.4 Å². The minimum absolute atomic E-state index is 0.0975. The van der Waals surface area contributed by atoms with E-state index in [9.17, 15) is 13.2 Å². The number of amides is 1. The highest BCUT2D eigenvalue weighted by atomic mass is 35.5. The molecule has 162 valence electrons. The number of halogens is 2. The lowest BCUT2D eigenvalue weighted by molar-refractivity contribution is -0.119. The Morgan fingerprint density at radius 1 is 0.935 bits per heavy atom. The van der Waals surface area contributed by atoms with Gasteiger partial charge in [-0.3, -0.25) is 9.10 Å². The molecule has 0 aliphatic rings. The summed E-state index contributed by atoms with van der Waals surface area (Å²) in [4.78, 5) is 12.8. The zero-order valence-corrected chi connectivity index (χ0v) is 19.4. The van der Waals surface area contributed by atoms with E-state index in [-0.39, 0.29) is 18.0 Å². The van der Waals surface area contributed by atoms with Gasteiger partial charge in [0.1, 0.15) is 6.54 Å². The zero-order chi connectivity index (χ0) is 22.6. The maximum atomic E-state index is 13.4. The van der Waals surface area contributed by atoms with Gasteiger partial charge in [0, 0.05) is 16.6 Å². The van der Waals surface area contributed by atoms with Crippen LogP contribution in [0.1, 0.15) is 16.7 Å². The van der Waals surface area contributed by atoms with E-state index in [2.05, 4.69) is 5.32 Å². The summed E-state index contributed by atoms with van der Waals surface area (Å²) in [5, 5.41) is 3.77. The topological polar surface area (TPSA) is 66.5 Å². The fourth-order valence-electron chi connectivity index (χ4n) is 2.88. The number of aryl methyl sites for hydroxylation is 2. The molecule has 0 spiro atoms. The summed E-state index contributed by atoms with van der Waals surface area (Å²) in [5.41, 5.74) is 2.91. The predicted molar refractivity (Wildman–Crippen MR) is 125 cm³/mol. The molecular formula is C23H22Cl2N2O3S. The molecule has 0 heterocycles. The van der Waals surface area contributed by atoms with Gasteiger partial charge in [0.25, 0.3) is 10.0 Å². The maximum absolute atomic E-state index is 13.4. The first-order valence-corrected chi connectivity index (χ1v) is 11.7. The number of hydrogen-bond acceptors (Lipinski definition) is 3. The number of hydrogen-bond donors (Lipinski definition) is 1. The molecule has 8 heteroatoms. The molecule has 0 atom stereocenters. The first kappa shape index (κ1) is 23.1. The van der Waals surface area contributed by atoms with Crippen molar-refractivity contribution in [3.63, 3.8) is 0 Å². The molecule has 0 aliphatic heterocycles. The third-order valence-corrected chi connectivity index (χ3v) is 7.19. The molecule has 0 aliphatic carbocycles. The van der Waals surface area contributed by atoms with Gasteiger partial charge in [-0.15, -0.1) is 0 Å². The summed E-state index contributed by atoms with van der Waals surface area (Å²) in [7, 11) is -3.99. The van der Waals surface area contributed by atoms with Crippen LogP contribution >= 0.6 is 23.2 Å². The van der Waals surface area contributed by atoms with Crippen molar-refractivity contribution in [2.75, 3.05) is 10.8 Å². The average Bonchev–Trinajstić information content (AvgIpc) is 2.74. The van der Waals surface area contributed by atoms with Gasteiger partial charge in [-0.1, -0.05) is 59.1 Å². The minimum atomic E-state index is -3.99. The summed E-state index contributed by atoms with van der Waals surface area (Å²) in [6.45, 7) is 3.56. The first-order chi connectivity index (χ1) is 14.7. The molecule has 0 bridgehead atoms. The monoisotopic (exact) mass is 476 g/mol. The molecule has 0 fully saturated rings. The van der Waals surface area contributed by atoms with Crippen molar-refractivity contribution in [1.82, 2.24) is 5.32 Å². The molecule has 3 rings (SSSR count). The van der Waals surface area contributed by atoms with Gasteiger partial charge in [0.15, 0.2) is 0 Å². The molecule has 0 unspecified atom stereocenters. The quantitative estimate of drug-likeness (QED) is 0.514. The van der Waals surface area contributed by atoms with Crippen LogP contribution < -0.4 is 9.62 Å². The Morgan fingerprint density at radius 3 is 2.19 bits per heavy atom. The van der Waals surface area contributed by atoms with Gasteiger partial charge in [0.2, 0.25) is 5.91 Å². The van der Waals surface area contributed by atoms with E-state index in [4.69, 9.17) is 23.2 Å². The van der Waals surface area contributed by atoms with Crippen LogP contribution in [0.3, 0.4) is 0 Å². The number of sulfonamides is 1. The van der Waals surface area contributed by atoms with Gasteiger partial charge >= 0.3 is 0 Å². The number of nitrogens with one attached hydrogen (secondary N) is 1. The minimum Gasteiger partial charge on any atom is -0.350 e. The fraction of sp³-hybridized carbons (Fsp3) is 0.174. The molecule has 3 aromatic rings. The number of nitrogens with zero attached hydrogens (tertiary/aromatic N) is 1. The van der Waals surface area contributed by atoms with Crippen LogP contribution in [0.5, 0.6) is 0 Å². The molecule has 0 saturated heterocycles. The fourth-order valence-corrected chi connectivity index (χ4v) is 4.59. The predicted octanol–water partition coefficient (Wildman–Crippen LogP) is 5.12. The Morgan fingerprint density at radius 2 is 1.58 bits per heavy atom. The highest BCUT2D eigenvalue weighted by molar-refractivity contribution is 7.92. The molecule has 1 amide bonds. The second-order valence-electron chi connectivity index (χ2n) is 7.16. The number of carbonyl (C=O) groups excluding carboxylic acids is 1. The van der Waals surface area contributed by atoms with Crippen molar-refractivity contribution < 1.29 is 13.2 Å². The molecule has 31 heavy (non-hydrogen) atoms. The van der Waals surface area contributed by atoms with Crippen molar-refractivity contribution in [3.8, 4) is 0 Å². The maximum Gasteiger partial charge on any atom is 0.264 e. The molecular weight excluding hydrogens is 455 g/mol. The van der Waals surface area contributed by atoms with E-state index < -0.39 is 15.9 Å². The van der Waals surface area contributed by atoms with Gasteiger partial charge in [-0.25, -0.2) is 8.42 Å². The number of rotatable bonds is 7. The summed E-state index contributed by atoms with van der Waals surface area (Å²) < 4.78 is 27.8. The number of benzene rings is 3. The summed E-state index contributed by atoms with van der Waals surface area (Å²) >= 11 is 12.1. The van der Waals surface area contributed by atoms with Gasteiger partial charge in [-0.05, 0) is 61.4 Å². The SMILES string of the molecule is Cc1ccc(S(=O)(=O)N(CC(=O)NCc2ccc(Cl)cc2)c2ccc(C)c(Cl)c2)cc1. The third kappa shape index (κ3) is 5.79. The van der Waals surface area contributed by atoms with E-state index in [1.54, 1.807) is 54.6 Å². The molecule has 0 saturated carbocycles. The van der Waals surface area contributed by atoms with Gasteiger partial charge < -0.3 is 5.32 Å². The van der Waals surface area contributed by atoms with Gasteiger partial charge in [-0.2, -0.15) is 0 Å². The van der Waals surface area contributed by atoms with Crippen LogP contribution in [-0.4, -0.2) is 20.9 Å².